The zero-order chi connectivity index (χ0) is 13.3. The molecule has 0 heterocycles. The fourth-order valence-electron chi connectivity index (χ4n) is 0.810. The van der Waals surface area contributed by atoms with Crippen LogP contribution in [0, 0.1) is 0 Å². The maximum absolute atomic E-state index is 10.8. The van der Waals surface area contributed by atoms with E-state index < -0.39 is 9.84 Å². The Balaban J connectivity index is 3.86. The summed E-state index contributed by atoms with van der Waals surface area (Å²) in [4.78, 5) is 18.3. The number of carbonyl (C=O) groups is 1. The summed E-state index contributed by atoms with van der Waals surface area (Å²) in [6, 6.07) is 0. The molecule has 0 aromatic heterocycles. The second-order valence-corrected chi connectivity index (χ2v) is 5.68. The van der Waals surface area contributed by atoms with Gasteiger partial charge in [-0.15, -0.1) is 0 Å². The standard InChI is InChI=1S/C9H18N4O3S/c1-8(12-4-5-17(3,15)16)13-7-11-6-9(14)10-2/h6-8,12H,4-5H2,1-3H3,(H,10,14). The summed E-state index contributed by atoms with van der Waals surface area (Å²) in [6.07, 6.45) is 3.27. The highest BCUT2D eigenvalue weighted by Crippen LogP contribution is 1.85. The fraction of sp³-hybridized carbons (Fsp3) is 0.667. The number of nitrogens with one attached hydrogen (secondary N) is 2. The van der Waals surface area contributed by atoms with Crippen LogP contribution in [0.3, 0.4) is 0 Å². The van der Waals surface area contributed by atoms with Crippen molar-refractivity contribution in [3.63, 3.8) is 0 Å². The quantitative estimate of drug-likeness (QED) is 0.445. The van der Waals surface area contributed by atoms with E-state index in [9.17, 15) is 13.2 Å². The van der Waals surface area contributed by atoms with E-state index in [1.165, 1.54) is 19.6 Å². The van der Waals surface area contributed by atoms with Gasteiger partial charge < -0.3 is 5.32 Å². The van der Waals surface area contributed by atoms with E-state index in [1.54, 1.807) is 6.92 Å². The number of hydrogen-bond acceptors (Lipinski definition) is 5. The molecule has 8 heteroatoms. The number of amides is 1. The van der Waals surface area contributed by atoms with Gasteiger partial charge in [-0.05, 0) is 6.92 Å². The topological polar surface area (TPSA) is 100.0 Å². The molecule has 0 aromatic carbocycles. The summed E-state index contributed by atoms with van der Waals surface area (Å²) in [7, 11) is -1.46. The molecule has 0 saturated carbocycles. The number of hydrogen-bond donors (Lipinski definition) is 2. The maximum Gasteiger partial charge on any atom is 0.262 e. The van der Waals surface area contributed by atoms with Crippen LogP contribution in [-0.4, -0.2) is 58.6 Å². The first-order valence-electron chi connectivity index (χ1n) is 5.03. The van der Waals surface area contributed by atoms with Gasteiger partial charge in [0, 0.05) is 19.8 Å². The van der Waals surface area contributed by atoms with Crippen molar-refractivity contribution in [3.05, 3.63) is 0 Å². The van der Waals surface area contributed by atoms with E-state index in [1.807, 2.05) is 0 Å². The molecule has 0 spiro atoms. The molecule has 1 unspecified atom stereocenters. The summed E-state index contributed by atoms with van der Waals surface area (Å²) in [5.41, 5.74) is 0. The van der Waals surface area contributed by atoms with Crippen molar-refractivity contribution in [2.45, 2.75) is 13.1 Å². The van der Waals surface area contributed by atoms with Crippen molar-refractivity contribution in [3.8, 4) is 0 Å². The highest BCUT2D eigenvalue weighted by Gasteiger charge is 2.02. The molecule has 0 aliphatic heterocycles. The van der Waals surface area contributed by atoms with Gasteiger partial charge in [-0.2, -0.15) is 0 Å². The Kier molecular flexibility index (Phi) is 7.31. The Morgan fingerprint density at radius 1 is 1.47 bits per heavy atom. The molecule has 0 saturated heterocycles. The lowest BCUT2D eigenvalue weighted by Crippen LogP contribution is -2.29. The lowest BCUT2D eigenvalue weighted by atomic mass is 10.5. The van der Waals surface area contributed by atoms with Gasteiger partial charge in [0.15, 0.2) is 0 Å². The molecule has 17 heavy (non-hydrogen) atoms. The number of nitrogens with zero attached hydrogens (tertiary/aromatic N) is 2. The molecule has 2 N–H and O–H groups in total. The van der Waals surface area contributed by atoms with Crippen LogP contribution < -0.4 is 10.6 Å². The van der Waals surface area contributed by atoms with Gasteiger partial charge in [0.2, 0.25) is 0 Å². The summed E-state index contributed by atoms with van der Waals surface area (Å²) in [6.45, 7) is 2.09. The third-order valence-electron chi connectivity index (χ3n) is 1.71. The summed E-state index contributed by atoms with van der Waals surface area (Å²) >= 11 is 0. The molecule has 1 amide bonds. The lowest BCUT2D eigenvalue weighted by molar-refractivity contribution is -0.113. The van der Waals surface area contributed by atoms with E-state index in [4.69, 9.17) is 0 Å². The zero-order valence-electron chi connectivity index (χ0n) is 10.2. The van der Waals surface area contributed by atoms with Crippen molar-refractivity contribution >= 4 is 28.3 Å². The molecule has 0 radical (unpaired) electrons. The second kappa shape index (κ2) is 7.91. The highest BCUT2D eigenvalue weighted by molar-refractivity contribution is 7.90. The van der Waals surface area contributed by atoms with Gasteiger partial charge in [-0.3, -0.25) is 15.1 Å². The molecule has 0 aliphatic rings. The molecule has 0 bridgehead atoms. The second-order valence-electron chi connectivity index (χ2n) is 3.42. The van der Waals surface area contributed by atoms with Gasteiger partial charge in [-0.25, -0.2) is 13.4 Å². The molecule has 0 aliphatic carbocycles. The molecule has 0 rings (SSSR count). The van der Waals surface area contributed by atoms with Crippen LogP contribution in [0.2, 0.25) is 0 Å². The normalized spacial score (nSPS) is 14.3. The van der Waals surface area contributed by atoms with Crippen LogP contribution in [0.25, 0.3) is 0 Å². The maximum atomic E-state index is 10.8. The van der Waals surface area contributed by atoms with Gasteiger partial charge in [0.1, 0.15) is 16.2 Å². The van der Waals surface area contributed by atoms with Gasteiger partial charge in [0.05, 0.1) is 18.1 Å². The summed E-state index contributed by atoms with van der Waals surface area (Å²) in [5, 5.41) is 5.26. The molecule has 0 aromatic rings. The number of rotatable bonds is 7. The molecule has 0 fully saturated rings. The third-order valence-corrected chi connectivity index (χ3v) is 2.65. The molecule has 1 atom stereocenters. The van der Waals surface area contributed by atoms with Crippen molar-refractivity contribution in [1.82, 2.24) is 10.6 Å². The van der Waals surface area contributed by atoms with Crippen LogP contribution in [0.15, 0.2) is 9.98 Å². The number of carbonyl (C=O) groups excluding carboxylic acids is 1. The van der Waals surface area contributed by atoms with Gasteiger partial charge in [-0.1, -0.05) is 0 Å². The van der Waals surface area contributed by atoms with Crippen molar-refractivity contribution in [1.29, 1.82) is 0 Å². The molecule has 98 valence electrons. The summed E-state index contributed by atoms with van der Waals surface area (Å²) in [5.74, 6) is -0.247. The SMILES string of the molecule is CNC(=O)C=NC=NC(C)NCCS(C)(=O)=O. The number of sulfone groups is 1. The predicted octanol–water partition coefficient (Wildman–Crippen LogP) is -1.19. The monoisotopic (exact) mass is 262 g/mol. The first-order chi connectivity index (χ1) is 7.85. The highest BCUT2D eigenvalue weighted by atomic mass is 32.2. The van der Waals surface area contributed by atoms with Crippen LogP contribution in [0.4, 0.5) is 0 Å². The Morgan fingerprint density at radius 2 is 2.12 bits per heavy atom. The van der Waals surface area contributed by atoms with Gasteiger partial charge >= 0.3 is 0 Å². The number of aliphatic imine (C=N–C) groups is 2. The predicted molar refractivity (Wildman–Crippen MR) is 68.2 cm³/mol. The third kappa shape index (κ3) is 11.0. The van der Waals surface area contributed by atoms with E-state index in [0.717, 1.165) is 6.21 Å². The average molecular weight is 262 g/mol. The van der Waals surface area contributed by atoms with E-state index >= 15 is 0 Å². The molecular formula is C9H18N4O3S. The van der Waals surface area contributed by atoms with Gasteiger partial charge in [0.25, 0.3) is 5.91 Å². The average Bonchev–Trinajstić information content (AvgIpc) is 2.22. The first kappa shape index (κ1) is 15.7. The van der Waals surface area contributed by atoms with E-state index in [2.05, 4.69) is 20.6 Å². The Morgan fingerprint density at radius 3 is 2.65 bits per heavy atom. The van der Waals surface area contributed by atoms with E-state index in [-0.39, 0.29) is 17.8 Å². The van der Waals surface area contributed by atoms with Crippen molar-refractivity contribution in [2.75, 3.05) is 25.6 Å². The van der Waals surface area contributed by atoms with Crippen molar-refractivity contribution < 1.29 is 13.2 Å². The zero-order valence-corrected chi connectivity index (χ0v) is 11.0. The molecular weight excluding hydrogens is 244 g/mol. The fourth-order valence-corrected chi connectivity index (χ4v) is 1.30. The Labute approximate surface area is 101 Å². The molecule has 7 nitrogen and oxygen atoms in total. The van der Waals surface area contributed by atoms with Crippen LogP contribution in [-0.2, 0) is 14.6 Å². The van der Waals surface area contributed by atoms with Crippen LogP contribution in [0.1, 0.15) is 6.92 Å². The largest absolute Gasteiger partial charge is 0.354 e. The van der Waals surface area contributed by atoms with Crippen LogP contribution in [0.5, 0.6) is 0 Å². The van der Waals surface area contributed by atoms with E-state index in [0.29, 0.717) is 6.54 Å². The minimum atomic E-state index is -2.96. The summed E-state index contributed by atoms with van der Waals surface area (Å²) < 4.78 is 21.7. The Hall–Kier alpha value is -1.28. The minimum absolute atomic E-state index is 0.0639. The Bertz CT molecular complexity index is 389. The van der Waals surface area contributed by atoms with Crippen LogP contribution >= 0.6 is 0 Å². The smallest absolute Gasteiger partial charge is 0.262 e. The lowest BCUT2D eigenvalue weighted by Gasteiger charge is -2.06. The van der Waals surface area contributed by atoms with Crippen molar-refractivity contribution in [2.24, 2.45) is 9.98 Å². The minimum Gasteiger partial charge on any atom is -0.354 e. The first-order valence-corrected chi connectivity index (χ1v) is 7.09.